The zero-order valence-electron chi connectivity index (χ0n) is 9.39. The standard InChI is InChI=1S/C12H11N3OS/c1-2-3-11(16)15-12-9(6-13)8-4-5-14-7-10(8)17-12/h14H,4-5,7H2,1H3,(H,15,16). The lowest BCUT2D eigenvalue weighted by Crippen LogP contribution is -2.22. The van der Waals surface area contributed by atoms with Gasteiger partial charge in [-0.1, -0.05) is 5.92 Å². The van der Waals surface area contributed by atoms with Gasteiger partial charge in [0.2, 0.25) is 0 Å². The fourth-order valence-electron chi connectivity index (χ4n) is 1.79. The van der Waals surface area contributed by atoms with E-state index in [1.807, 2.05) is 0 Å². The molecule has 2 N–H and O–H groups in total. The molecule has 4 nitrogen and oxygen atoms in total. The maximum atomic E-state index is 11.4. The van der Waals surface area contributed by atoms with E-state index in [9.17, 15) is 4.79 Å². The SMILES string of the molecule is CC#CC(=O)Nc1sc2c(c1C#N)CCNC2. The Morgan fingerprint density at radius 1 is 1.59 bits per heavy atom. The maximum Gasteiger partial charge on any atom is 0.300 e. The average molecular weight is 245 g/mol. The number of nitriles is 1. The van der Waals surface area contributed by atoms with Crippen molar-refractivity contribution in [2.24, 2.45) is 0 Å². The Hall–Kier alpha value is -1.82. The molecule has 2 rings (SSSR count). The van der Waals surface area contributed by atoms with Crippen LogP contribution in [0.2, 0.25) is 0 Å². The number of fused-ring (bicyclic) bond motifs is 1. The van der Waals surface area contributed by atoms with Crippen LogP contribution in [0.1, 0.15) is 22.9 Å². The highest BCUT2D eigenvalue weighted by molar-refractivity contribution is 7.16. The summed E-state index contributed by atoms with van der Waals surface area (Å²) in [4.78, 5) is 12.5. The molecule has 1 aromatic rings. The van der Waals surface area contributed by atoms with Crippen molar-refractivity contribution in [2.75, 3.05) is 11.9 Å². The first-order valence-corrected chi connectivity index (χ1v) is 6.07. The molecule has 5 heteroatoms. The lowest BCUT2D eigenvalue weighted by atomic mass is 10.1. The van der Waals surface area contributed by atoms with Gasteiger partial charge in [-0.2, -0.15) is 5.26 Å². The third kappa shape index (κ3) is 2.31. The Balaban J connectivity index is 2.34. The lowest BCUT2D eigenvalue weighted by molar-refractivity contribution is -0.111. The monoisotopic (exact) mass is 245 g/mol. The molecule has 17 heavy (non-hydrogen) atoms. The number of thiophene rings is 1. The molecule has 0 atom stereocenters. The first kappa shape index (κ1) is 11.7. The lowest BCUT2D eigenvalue weighted by Gasteiger charge is -2.11. The Bertz CT molecular complexity index is 557. The fraction of sp³-hybridized carbons (Fsp3) is 0.333. The molecule has 1 aromatic heterocycles. The van der Waals surface area contributed by atoms with Crippen molar-refractivity contribution in [3.63, 3.8) is 0 Å². The molecule has 1 aliphatic heterocycles. The molecule has 0 aromatic carbocycles. The Kier molecular flexibility index (Phi) is 3.43. The van der Waals surface area contributed by atoms with Crippen molar-refractivity contribution in [3.05, 3.63) is 16.0 Å². The van der Waals surface area contributed by atoms with Gasteiger partial charge in [0.05, 0.1) is 5.56 Å². The van der Waals surface area contributed by atoms with E-state index in [0.717, 1.165) is 30.0 Å². The van der Waals surface area contributed by atoms with Crippen LogP contribution >= 0.6 is 11.3 Å². The van der Waals surface area contributed by atoms with E-state index in [2.05, 4.69) is 28.5 Å². The molecule has 86 valence electrons. The van der Waals surface area contributed by atoms with Crippen molar-refractivity contribution in [3.8, 4) is 17.9 Å². The van der Waals surface area contributed by atoms with Crippen LogP contribution in [0.5, 0.6) is 0 Å². The highest BCUT2D eigenvalue weighted by Gasteiger charge is 2.21. The quantitative estimate of drug-likeness (QED) is 0.731. The molecule has 0 aliphatic carbocycles. The number of nitrogens with zero attached hydrogens (tertiary/aromatic N) is 1. The van der Waals surface area contributed by atoms with Crippen molar-refractivity contribution >= 4 is 22.2 Å². The van der Waals surface area contributed by atoms with Gasteiger partial charge in [-0.15, -0.1) is 11.3 Å². The predicted octanol–water partition coefficient (Wildman–Crippen LogP) is 1.23. The smallest absolute Gasteiger partial charge is 0.300 e. The van der Waals surface area contributed by atoms with Crippen molar-refractivity contribution in [1.82, 2.24) is 5.32 Å². The molecule has 0 unspecified atom stereocenters. The molecule has 0 radical (unpaired) electrons. The molecular formula is C12H11N3OS. The molecule has 2 heterocycles. The topological polar surface area (TPSA) is 64.9 Å². The predicted molar refractivity (Wildman–Crippen MR) is 66.5 cm³/mol. The van der Waals surface area contributed by atoms with E-state index in [0.29, 0.717) is 10.6 Å². The van der Waals surface area contributed by atoms with Crippen LogP contribution < -0.4 is 10.6 Å². The minimum atomic E-state index is -0.365. The van der Waals surface area contributed by atoms with Gasteiger partial charge < -0.3 is 10.6 Å². The fourth-order valence-corrected chi connectivity index (χ4v) is 2.95. The molecule has 0 spiro atoms. The number of nitrogens with one attached hydrogen (secondary N) is 2. The second kappa shape index (κ2) is 5.01. The van der Waals surface area contributed by atoms with Gasteiger partial charge in [-0.25, -0.2) is 0 Å². The third-order valence-electron chi connectivity index (χ3n) is 2.51. The number of hydrogen-bond acceptors (Lipinski definition) is 4. The molecule has 1 amide bonds. The van der Waals surface area contributed by atoms with Gasteiger partial charge in [-0.05, 0) is 31.4 Å². The Morgan fingerprint density at radius 2 is 2.41 bits per heavy atom. The van der Waals surface area contributed by atoms with Crippen LogP contribution in [-0.4, -0.2) is 12.5 Å². The van der Waals surface area contributed by atoms with E-state index in [-0.39, 0.29) is 5.91 Å². The molecule has 0 saturated heterocycles. The minimum Gasteiger partial charge on any atom is -0.312 e. The number of anilines is 1. The number of rotatable bonds is 1. The minimum absolute atomic E-state index is 0.365. The summed E-state index contributed by atoms with van der Waals surface area (Å²) in [5.74, 6) is 4.58. The molecule has 1 aliphatic rings. The number of carbonyl (C=O) groups excluding carboxylic acids is 1. The zero-order chi connectivity index (χ0) is 12.3. The van der Waals surface area contributed by atoms with Crippen LogP contribution in [-0.2, 0) is 17.8 Å². The summed E-state index contributed by atoms with van der Waals surface area (Å²) in [5, 5.41) is 15.7. The summed E-state index contributed by atoms with van der Waals surface area (Å²) in [6.07, 6.45) is 0.837. The zero-order valence-corrected chi connectivity index (χ0v) is 10.2. The van der Waals surface area contributed by atoms with Gasteiger partial charge in [0.25, 0.3) is 0 Å². The summed E-state index contributed by atoms with van der Waals surface area (Å²) in [5.41, 5.74) is 1.66. The first-order chi connectivity index (χ1) is 8.26. The molecular weight excluding hydrogens is 234 g/mol. The second-order valence-corrected chi connectivity index (χ2v) is 4.68. The molecule has 0 fully saturated rings. The maximum absolute atomic E-state index is 11.4. The van der Waals surface area contributed by atoms with Gasteiger partial charge in [-0.3, -0.25) is 4.79 Å². The normalized spacial score (nSPS) is 12.9. The summed E-state index contributed by atoms with van der Waals surface area (Å²) in [7, 11) is 0. The summed E-state index contributed by atoms with van der Waals surface area (Å²) >= 11 is 1.46. The largest absolute Gasteiger partial charge is 0.312 e. The van der Waals surface area contributed by atoms with E-state index in [1.165, 1.54) is 11.3 Å². The number of hydrogen-bond donors (Lipinski definition) is 2. The van der Waals surface area contributed by atoms with Crippen molar-refractivity contribution in [2.45, 2.75) is 19.9 Å². The van der Waals surface area contributed by atoms with E-state index < -0.39 is 0 Å². The number of amides is 1. The van der Waals surface area contributed by atoms with Crippen LogP contribution in [0, 0.1) is 23.2 Å². The highest BCUT2D eigenvalue weighted by atomic mass is 32.1. The van der Waals surface area contributed by atoms with Crippen molar-refractivity contribution < 1.29 is 4.79 Å². The van der Waals surface area contributed by atoms with Gasteiger partial charge in [0.15, 0.2) is 0 Å². The molecule has 0 saturated carbocycles. The molecule has 0 bridgehead atoms. The highest BCUT2D eigenvalue weighted by Crippen LogP contribution is 2.34. The van der Waals surface area contributed by atoms with Gasteiger partial charge in [0.1, 0.15) is 11.1 Å². The summed E-state index contributed by atoms with van der Waals surface area (Å²) in [6.45, 7) is 3.25. The van der Waals surface area contributed by atoms with E-state index in [4.69, 9.17) is 5.26 Å². The van der Waals surface area contributed by atoms with Crippen LogP contribution in [0.25, 0.3) is 0 Å². The van der Waals surface area contributed by atoms with Gasteiger partial charge in [0, 0.05) is 11.4 Å². The van der Waals surface area contributed by atoms with Crippen molar-refractivity contribution in [1.29, 1.82) is 5.26 Å². The average Bonchev–Trinajstić information content (AvgIpc) is 2.66. The number of carbonyl (C=O) groups is 1. The van der Waals surface area contributed by atoms with Crippen LogP contribution in [0.3, 0.4) is 0 Å². The van der Waals surface area contributed by atoms with Crippen LogP contribution in [0.4, 0.5) is 5.00 Å². The Labute approximate surface area is 104 Å². The second-order valence-electron chi connectivity index (χ2n) is 3.58. The Morgan fingerprint density at radius 3 is 3.12 bits per heavy atom. The summed E-state index contributed by atoms with van der Waals surface area (Å²) < 4.78 is 0. The third-order valence-corrected chi connectivity index (χ3v) is 3.65. The van der Waals surface area contributed by atoms with E-state index in [1.54, 1.807) is 6.92 Å². The van der Waals surface area contributed by atoms with E-state index >= 15 is 0 Å². The first-order valence-electron chi connectivity index (χ1n) is 5.25. The summed E-state index contributed by atoms with van der Waals surface area (Å²) in [6, 6.07) is 2.17. The van der Waals surface area contributed by atoms with Gasteiger partial charge >= 0.3 is 5.91 Å². The van der Waals surface area contributed by atoms with Crippen LogP contribution in [0.15, 0.2) is 0 Å².